The van der Waals surface area contributed by atoms with Crippen LogP contribution >= 0.6 is 0 Å². The minimum absolute atomic E-state index is 0.140. The number of benzene rings is 1. The molecule has 3 N–H and O–H groups in total. The maximum atomic E-state index is 5.69. The average Bonchev–Trinajstić information content (AvgIpc) is 2.70. The molecule has 96 valence electrons. The summed E-state index contributed by atoms with van der Waals surface area (Å²) >= 11 is 0. The van der Waals surface area contributed by atoms with Gasteiger partial charge in [0, 0.05) is 11.1 Å². The molecule has 1 aromatic heterocycles. The van der Waals surface area contributed by atoms with Crippen LogP contribution in [0.25, 0.3) is 0 Å². The topological polar surface area (TPSA) is 60.4 Å². The van der Waals surface area contributed by atoms with Gasteiger partial charge in [-0.15, -0.1) is 0 Å². The monoisotopic (exact) mass is 246 g/mol. The Morgan fingerprint density at radius 3 is 2.50 bits per heavy atom. The predicted octanol–water partition coefficient (Wildman–Crippen LogP) is 2.46. The van der Waals surface area contributed by atoms with Crippen LogP contribution in [0.15, 0.2) is 34.7 Å². The number of hydrazine groups is 1. The van der Waals surface area contributed by atoms with Gasteiger partial charge < -0.3 is 9.15 Å². The molecule has 18 heavy (non-hydrogen) atoms. The van der Waals surface area contributed by atoms with E-state index in [1.807, 2.05) is 44.2 Å². The van der Waals surface area contributed by atoms with Crippen LogP contribution in [0.5, 0.6) is 5.75 Å². The largest absolute Gasteiger partial charge is 0.496 e. The highest BCUT2D eigenvalue weighted by molar-refractivity contribution is 5.42. The zero-order chi connectivity index (χ0) is 13.1. The number of rotatable bonds is 4. The summed E-state index contributed by atoms with van der Waals surface area (Å²) in [6.45, 7) is 3.86. The van der Waals surface area contributed by atoms with Gasteiger partial charge in [0.25, 0.3) is 0 Å². The Morgan fingerprint density at radius 2 is 1.94 bits per heavy atom. The Hall–Kier alpha value is -1.78. The van der Waals surface area contributed by atoms with Crippen molar-refractivity contribution in [2.24, 2.45) is 5.84 Å². The van der Waals surface area contributed by atoms with E-state index in [2.05, 4.69) is 5.43 Å². The van der Waals surface area contributed by atoms with Crippen LogP contribution in [0.1, 0.15) is 28.7 Å². The van der Waals surface area contributed by atoms with Crippen molar-refractivity contribution in [1.82, 2.24) is 5.43 Å². The van der Waals surface area contributed by atoms with Gasteiger partial charge in [-0.3, -0.25) is 5.84 Å². The van der Waals surface area contributed by atoms with E-state index in [4.69, 9.17) is 15.0 Å². The highest BCUT2D eigenvalue weighted by Crippen LogP contribution is 2.32. The van der Waals surface area contributed by atoms with E-state index in [9.17, 15) is 0 Å². The molecular formula is C14H18N2O2. The Balaban J connectivity index is 2.48. The summed E-state index contributed by atoms with van der Waals surface area (Å²) < 4.78 is 10.9. The fourth-order valence-corrected chi connectivity index (χ4v) is 2.19. The molecule has 1 atom stereocenters. The van der Waals surface area contributed by atoms with E-state index in [0.717, 1.165) is 28.4 Å². The van der Waals surface area contributed by atoms with Crippen molar-refractivity contribution in [1.29, 1.82) is 0 Å². The molecule has 0 aliphatic heterocycles. The van der Waals surface area contributed by atoms with E-state index in [1.165, 1.54) is 0 Å². The van der Waals surface area contributed by atoms with Crippen LogP contribution < -0.4 is 16.0 Å². The number of methoxy groups -OCH3 is 1. The van der Waals surface area contributed by atoms with Crippen molar-refractivity contribution >= 4 is 0 Å². The Bertz CT molecular complexity index is 534. The van der Waals surface area contributed by atoms with E-state index >= 15 is 0 Å². The highest BCUT2D eigenvalue weighted by atomic mass is 16.5. The molecule has 0 saturated carbocycles. The molecule has 0 aliphatic carbocycles. The Kier molecular flexibility index (Phi) is 3.69. The van der Waals surface area contributed by atoms with Gasteiger partial charge in [-0.2, -0.15) is 0 Å². The minimum atomic E-state index is -0.140. The number of ether oxygens (including phenoxy) is 1. The molecule has 4 heteroatoms. The number of nitrogens with one attached hydrogen (secondary N) is 1. The molecule has 0 radical (unpaired) electrons. The molecule has 1 heterocycles. The van der Waals surface area contributed by atoms with Crippen LogP contribution in [-0.2, 0) is 0 Å². The summed E-state index contributed by atoms with van der Waals surface area (Å²) in [5.41, 5.74) is 4.84. The van der Waals surface area contributed by atoms with Gasteiger partial charge in [-0.05, 0) is 26.0 Å². The molecule has 0 aliphatic rings. The van der Waals surface area contributed by atoms with Crippen molar-refractivity contribution in [2.75, 3.05) is 7.11 Å². The number of nitrogens with two attached hydrogens (primary N) is 1. The maximum absolute atomic E-state index is 5.69. The number of furan rings is 1. The van der Waals surface area contributed by atoms with E-state index in [1.54, 1.807) is 7.11 Å². The third kappa shape index (κ3) is 2.25. The SMILES string of the molecule is COc1ccccc1C(NN)c1cc(C)oc1C. The molecule has 0 bridgehead atoms. The lowest BCUT2D eigenvalue weighted by Crippen LogP contribution is -2.29. The Labute approximate surface area is 107 Å². The quantitative estimate of drug-likeness (QED) is 0.642. The fraction of sp³-hybridized carbons (Fsp3) is 0.286. The second kappa shape index (κ2) is 5.25. The van der Waals surface area contributed by atoms with Crippen molar-refractivity contribution in [2.45, 2.75) is 19.9 Å². The molecule has 4 nitrogen and oxygen atoms in total. The number of para-hydroxylation sites is 1. The van der Waals surface area contributed by atoms with E-state index in [0.29, 0.717) is 0 Å². The molecule has 2 aromatic rings. The zero-order valence-electron chi connectivity index (χ0n) is 10.9. The second-order valence-electron chi connectivity index (χ2n) is 4.21. The molecule has 0 spiro atoms. The summed E-state index contributed by atoms with van der Waals surface area (Å²) in [5, 5.41) is 0. The maximum Gasteiger partial charge on any atom is 0.124 e. The lowest BCUT2D eigenvalue weighted by atomic mass is 9.98. The first-order valence-corrected chi connectivity index (χ1v) is 5.83. The van der Waals surface area contributed by atoms with Crippen molar-refractivity contribution in [3.63, 3.8) is 0 Å². The standard InChI is InChI=1S/C14H18N2O2/c1-9-8-12(10(2)18-9)14(16-15)11-6-4-5-7-13(11)17-3/h4-8,14,16H,15H2,1-3H3. The summed E-state index contributed by atoms with van der Waals surface area (Å²) in [6.07, 6.45) is 0. The van der Waals surface area contributed by atoms with Crippen molar-refractivity contribution in [3.05, 3.63) is 53.0 Å². The lowest BCUT2D eigenvalue weighted by Gasteiger charge is -2.18. The summed E-state index contributed by atoms with van der Waals surface area (Å²) in [4.78, 5) is 0. The first-order chi connectivity index (χ1) is 8.67. The lowest BCUT2D eigenvalue weighted by molar-refractivity contribution is 0.403. The van der Waals surface area contributed by atoms with Crippen molar-refractivity contribution in [3.8, 4) is 5.75 Å². The smallest absolute Gasteiger partial charge is 0.124 e. The molecule has 1 aromatic carbocycles. The zero-order valence-corrected chi connectivity index (χ0v) is 10.9. The predicted molar refractivity (Wildman–Crippen MR) is 70.3 cm³/mol. The van der Waals surface area contributed by atoms with Gasteiger partial charge in [0.1, 0.15) is 17.3 Å². The number of hydrogen-bond donors (Lipinski definition) is 2. The third-order valence-corrected chi connectivity index (χ3v) is 3.01. The van der Waals surface area contributed by atoms with E-state index < -0.39 is 0 Å². The van der Waals surface area contributed by atoms with Crippen molar-refractivity contribution < 1.29 is 9.15 Å². The first kappa shape index (κ1) is 12.7. The molecule has 0 amide bonds. The molecule has 1 unspecified atom stereocenters. The number of aryl methyl sites for hydroxylation is 2. The highest BCUT2D eigenvalue weighted by Gasteiger charge is 2.20. The van der Waals surface area contributed by atoms with Gasteiger partial charge in [0.2, 0.25) is 0 Å². The van der Waals surface area contributed by atoms with Crippen LogP contribution in [0.2, 0.25) is 0 Å². The molecule has 2 rings (SSSR count). The average molecular weight is 246 g/mol. The van der Waals surface area contributed by atoms with Gasteiger partial charge in [0.05, 0.1) is 13.2 Å². The van der Waals surface area contributed by atoms with Gasteiger partial charge >= 0.3 is 0 Å². The van der Waals surface area contributed by atoms with Crippen LogP contribution in [0.4, 0.5) is 0 Å². The third-order valence-electron chi connectivity index (χ3n) is 3.01. The second-order valence-corrected chi connectivity index (χ2v) is 4.21. The summed E-state index contributed by atoms with van der Waals surface area (Å²) in [5.74, 6) is 8.23. The van der Waals surface area contributed by atoms with Gasteiger partial charge in [-0.1, -0.05) is 18.2 Å². The molecular weight excluding hydrogens is 228 g/mol. The minimum Gasteiger partial charge on any atom is -0.496 e. The summed E-state index contributed by atoms with van der Waals surface area (Å²) in [7, 11) is 1.65. The normalized spacial score (nSPS) is 12.4. The Morgan fingerprint density at radius 1 is 1.22 bits per heavy atom. The van der Waals surface area contributed by atoms with Crippen LogP contribution in [-0.4, -0.2) is 7.11 Å². The molecule has 0 saturated heterocycles. The van der Waals surface area contributed by atoms with Crippen LogP contribution in [0.3, 0.4) is 0 Å². The van der Waals surface area contributed by atoms with Gasteiger partial charge in [-0.25, -0.2) is 5.43 Å². The first-order valence-electron chi connectivity index (χ1n) is 5.83. The molecule has 0 fully saturated rings. The van der Waals surface area contributed by atoms with Gasteiger partial charge in [0.15, 0.2) is 0 Å². The fourth-order valence-electron chi connectivity index (χ4n) is 2.19. The van der Waals surface area contributed by atoms with Crippen LogP contribution in [0, 0.1) is 13.8 Å². The number of hydrogen-bond acceptors (Lipinski definition) is 4. The summed E-state index contributed by atoms with van der Waals surface area (Å²) in [6, 6.07) is 9.66. The van der Waals surface area contributed by atoms with E-state index in [-0.39, 0.29) is 6.04 Å².